The van der Waals surface area contributed by atoms with Crippen LogP contribution in [0.2, 0.25) is 0 Å². The van der Waals surface area contributed by atoms with Crippen molar-refractivity contribution < 1.29 is 33.0 Å². The van der Waals surface area contributed by atoms with Gasteiger partial charge in [0.1, 0.15) is 0 Å². The number of ether oxygens (including phenoxy) is 2. The van der Waals surface area contributed by atoms with Crippen LogP contribution in [-0.2, 0) is 4.79 Å². The second kappa shape index (κ2) is 8.16. The molecule has 8 heteroatoms. The van der Waals surface area contributed by atoms with E-state index in [1.54, 1.807) is 6.92 Å². The van der Waals surface area contributed by atoms with Crippen LogP contribution in [0.4, 0.5) is 8.78 Å². The first-order valence-electron chi connectivity index (χ1n) is 6.53. The third-order valence-corrected chi connectivity index (χ3v) is 2.89. The zero-order chi connectivity index (χ0) is 16.7. The zero-order valence-electron chi connectivity index (χ0n) is 12.2. The quantitative estimate of drug-likeness (QED) is 0.796. The Bertz CT molecular complexity index is 536. The number of hydrogen-bond acceptors (Lipinski definition) is 4. The molecule has 6 nitrogen and oxygen atoms in total. The molecule has 1 rings (SSSR count). The van der Waals surface area contributed by atoms with Crippen LogP contribution in [0.15, 0.2) is 18.2 Å². The molecule has 0 heterocycles. The largest absolute Gasteiger partial charge is 0.493 e. The Balaban J connectivity index is 2.94. The number of halogens is 2. The van der Waals surface area contributed by atoms with E-state index in [2.05, 4.69) is 4.74 Å². The predicted molar refractivity (Wildman–Crippen MR) is 73.5 cm³/mol. The topological polar surface area (TPSA) is 76.1 Å². The third-order valence-electron chi connectivity index (χ3n) is 2.89. The summed E-state index contributed by atoms with van der Waals surface area (Å²) in [5.74, 6) is -1.60. The fraction of sp³-hybridized carbons (Fsp3) is 0.429. The third kappa shape index (κ3) is 4.87. The number of alkyl halides is 2. The number of nitrogens with zero attached hydrogens (tertiary/aromatic N) is 1. The van der Waals surface area contributed by atoms with Crippen molar-refractivity contribution in [2.24, 2.45) is 0 Å². The maximum absolute atomic E-state index is 12.3. The van der Waals surface area contributed by atoms with Crippen molar-refractivity contribution in [2.45, 2.75) is 20.0 Å². The molecule has 0 saturated heterocycles. The van der Waals surface area contributed by atoms with Crippen LogP contribution >= 0.6 is 0 Å². The van der Waals surface area contributed by atoms with Crippen LogP contribution in [0.1, 0.15) is 23.7 Å². The summed E-state index contributed by atoms with van der Waals surface area (Å²) in [6.45, 7) is -0.907. The molecular weight excluding hydrogens is 300 g/mol. The number of carboxylic acids is 1. The molecule has 0 aliphatic carbocycles. The van der Waals surface area contributed by atoms with E-state index < -0.39 is 18.5 Å². The lowest BCUT2D eigenvalue weighted by atomic mass is 10.1. The molecule has 0 aliphatic rings. The standard InChI is InChI=1S/C14H17F2NO5/c1-3-17(7-6-12(18)19)13(20)9-4-5-10(22-14(15)16)11(8-9)21-2/h4-5,8,14H,3,6-7H2,1-2H3,(H,18,19). The number of aliphatic carboxylic acids is 1. The van der Waals surface area contributed by atoms with Crippen LogP contribution in [0.5, 0.6) is 11.5 Å². The Morgan fingerprint density at radius 1 is 1.32 bits per heavy atom. The van der Waals surface area contributed by atoms with Gasteiger partial charge in [0.05, 0.1) is 13.5 Å². The molecule has 122 valence electrons. The van der Waals surface area contributed by atoms with E-state index in [-0.39, 0.29) is 30.0 Å². The Labute approximate surface area is 126 Å². The number of rotatable bonds is 8. The molecule has 1 aromatic rings. The minimum atomic E-state index is -3.00. The van der Waals surface area contributed by atoms with E-state index >= 15 is 0 Å². The van der Waals surface area contributed by atoms with Crippen molar-refractivity contribution >= 4 is 11.9 Å². The summed E-state index contributed by atoms with van der Waals surface area (Å²) in [6.07, 6.45) is -0.177. The maximum Gasteiger partial charge on any atom is 0.387 e. The lowest BCUT2D eigenvalue weighted by molar-refractivity contribution is -0.137. The van der Waals surface area contributed by atoms with Gasteiger partial charge in [-0.2, -0.15) is 8.78 Å². The van der Waals surface area contributed by atoms with Crippen molar-refractivity contribution in [3.63, 3.8) is 0 Å². The average molecular weight is 317 g/mol. The highest BCUT2D eigenvalue weighted by atomic mass is 19.3. The van der Waals surface area contributed by atoms with E-state index in [9.17, 15) is 18.4 Å². The SMILES string of the molecule is CCN(CCC(=O)O)C(=O)c1ccc(OC(F)F)c(OC)c1. The fourth-order valence-corrected chi connectivity index (χ4v) is 1.81. The van der Waals surface area contributed by atoms with E-state index in [0.29, 0.717) is 6.54 Å². The van der Waals surface area contributed by atoms with E-state index in [1.165, 1.54) is 30.2 Å². The second-order valence-corrected chi connectivity index (χ2v) is 4.27. The van der Waals surface area contributed by atoms with Gasteiger partial charge in [0.2, 0.25) is 0 Å². The molecule has 0 spiro atoms. The van der Waals surface area contributed by atoms with Crippen LogP contribution < -0.4 is 9.47 Å². The average Bonchev–Trinajstić information content (AvgIpc) is 2.47. The minimum absolute atomic E-state index is 0.000405. The molecule has 0 atom stereocenters. The Hall–Kier alpha value is -2.38. The minimum Gasteiger partial charge on any atom is -0.493 e. The lowest BCUT2D eigenvalue weighted by Crippen LogP contribution is -2.32. The van der Waals surface area contributed by atoms with Crippen LogP contribution in [0.25, 0.3) is 0 Å². The molecule has 0 fully saturated rings. The molecule has 22 heavy (non-hydrogen) atoms. The molecule has 0 bridgehead atoms. The van der Waals surface area contributed by atoms with Gasteiger partial charge in [-0.25, -0.2) is 0 Å². The first-order chi connectivity index (χ1) is 10.4. The van der Waals surface area contributed by atoms with Gasteiger partial charge in [0.25, 0.3) is 5.91 Å². The summed E-state index contributed by atoms with van der Waals surface area (Å²) in [4.78, 5) is 24.2. The zero-order valence-corrected chi connectivity index (χ0v) is 12.2. The lowest BCUT2D eigenvalue weighted by Gasteiger charge is -2.20. The number of carbonyl (C=O) groups is 2. The molecule has 1 N–H and O–H groups in total. The van der Waals surface area contributed by atoms with Crippen molar-refractivity contribution in [1.82, 2.24) is 4.90 Å². The molecule has 0 unspecified atom stereocenters. The van der Waals surface area contributed by atoms with Crippen molar-refractivity contribution in [2.75, 3.05) is 20.2 Å². The molecule has 0 aliphatic heterocycles. The number of carboxylic acid groups (broad SMARTS) is 1. The summed E-state index contributed by atoms with van der Waals surface area (Å²) in [5.41, 5.74) is 0.200. The number of carbonyl (C=O) groups excluding carboxylic acids is 1. The number of methoxy groups -OCH3 is 1. The van der Waals surface area contributed by atoms with Gasteiger partial charge in [-0.1, -0.05) is 0 Å². The summed E-state index contributed by atoms with van der Waals surface area (Å²) in [7, 11) is 1.27. The highest BCUT2D eigenvalue weighted by molar-refractivity contribution is 5.95. The molecule has 1 aromatic carbocycles. The first-order valence-corrected chi connectivity index (χ1v) is 6.53. The summed E-state index contributed by atoms with van der Waals surface area (Å²) in [5, 5.41) is 8.67. The molecule has 0 radical (unpaired) electrons. The Kier molecular flexibility index (Phi) is 6.55. The van der Waals surface area contributed by atoms with Crippen LogP contribution in [0, 0.1) is 0 Å². The van der Waals surface area contributed by atoms with E-state index in [4.69, 9.17) is 9.84 Å². The number of benzene rings is 1. The molecular formula is C14H17F2NO5. The van der Waals surface area contributed by atoms with Gasteiger partial charge < -0.3 is 19.5 Å². The van der Waals surface area contributed by atoms with Gasteiger partial charge in [-0.15, -0.1) is 0 Å². The number of amides is 1. The Morgan fingerprint density at radius 3 is 2.50 bits per heavy atom. The van der Waals surface area contributed by atoms with Gasteiger partial charge in [0.15, 0.2) is 11.5 Å². The Morgan fingerprint density at radius 2 is 2.00 bits per heavy atom. The van der Waals surface area contributed by atoms with Gasteiger partial charge in [0, 0.05) is 18.7 Å². The highest BCUT2D eigenvalue weighted by Gasteiger charge is 2.18. The smallest absolute Gasteiger partial charge is 0.387 e. The normalized spacial score (nSPS) is 10.4. The summed E-state index contributed by atoms with van der Waals surface area (Å²) in [6, 6.07) is 3.82. The predicted octanol–water partition coefficient (Wildman–Crippen LogP) is 2.23. The number of hydrogen-bond donors (Lipinski definition) is 1. The monoisotopic (exact) mass is 317 g/mol. The fourth-order valence-electron chi connectivity index (χ4n) is 1.81. The summed E-state index contributed by atoms with van der Waals surface area (Å²) >= 11 is 0. The molecule has 1 amide bonds. The molecule has 0 saturated carbocycles. The second-order valence-electron chi connectivity index (χ2n) is 4.27. The first kappa shape index (κ1) is 17.7. The van der Waals surface area contributed by atoms with Gasteiger partial charge in [-0.3, -0.25) is 9.59 Å². The van der Waals surface area contributed by atoms with Crippen LogP contribution in [-0.4, -0.2) is 48.7 Å². The van der Waals surface area contributed by atoms with Crippen LogP contribution in [0.3, 0.4) is 0 Å². The van der Waals surface area contributed by atoms with E-state index in [1.807, 2.05) is 0 Å². The molecule has 0 aromatic heterocycles. The van der Waals surface area contributed by atoms with Gasteiger partial charge in [-0.05, 0) is 25.1 Å². The van der Waals surface area contributed by atoms with Gasteiger partial charge >= 0.3 is 12.6 Å². The summed E-state index contributed by atoms with van der Waals surface area (Å²) < 4.78 is 33.7. The maximum atomic E-state index is 12.3. The van der Waals surface area contributed by atoms with Crippen molar-refractivity contribution in [1.29, 1.82) is 0 Å². The van der Waals surface area contributed by atoms with Crippen molar-refractivity contribution in [3.8, 4) is 11.5 Å². The highest BCUT2D eigenvalue weighted by Crippen LogP contribution is 2.29. The van der Waals surface area contributed by atoms with Crippen molar-refractivity contribution in [3.05, 3.63) is 23.8 Å². The van der Waals surface area contributed by atoms with E-state index in [0.717, 1.165) is 0 Å².